The fourth-order valence-corrected chi connectivity index (χ4v) is 3.02. The van der Waals surface area contributed by atoms with Crippen LogP contribution in [0.4, 0.5) is 0 Å². The molecule has 140 valence electrons. The SMILES string of the molecule is Cn1cc(-c2cncc(CNC(=O)c3cc(-c4ccccc4)nn3C)c2)cn1. The number of nitrogens with zero attached hydrogens (tertiary/aromatic N) is 5. The average molecular weight is 372 g/mol. The molecule has 0 atom stereocenters. The Hall–Kier alpha value is -3.74. The Balaban J connectivity index is 1.47. The van der Waals surface area contributed by atoms with Gasteiger partial charge in [-0.1, -0.05) is 30.3 Å². The van der Waals surface area contributed by atoms with E-state index < -0.39 is 0 Å². The van der Waals surface area contributed by atoms with E-state index in [4.69, 9.17) is 0 Å². The first-order chi connectivity index (χ1) is 13.6. The van der Waals surface area contributed by atoms with Crippen LogP contribution in [0, 0.1) is 0 Å². The predicted molar refractivity (Wildman–Crippen MR) is 106 cm³/mol. The van der Waals surface area contributed by atoms with Gasteiger partial charge in [0.2, 0.25) is 0 Å². The van der Waals surface area contributed by atoms with Crippen LogP contribution in [-0.2, 0) is 20.6 Å². The molecule has 1 amide bonds. The summed E-state index contributed by atoms with van der Waals surface area (Å²) in [5.74, 6) is -0.177. The molecule has 1 aromatic carbocycles. The summed E-state index contributed by atoms with van der Waals surface area (Å²) in [4.78, 5) is 16.9. The van der Waals surface area contributed by atoms with Crippen molar-refractivity contribution in [3.8, 4) is 22.4 Å². The number of carbonyl (C=O) groups excluding carboxylic acids is 1. The van der Waals surface area contributed by atoms with Crippen LogP contribution in [0.2, 0.25) is 0 Å². The van der Waals surface area contributed by atoms with Gasteiger partial charge >= 0.3 is 0 Å². The predicted octanol–water partition coefficient (Wildman–Crippen LogP) is 2.81. The lowest BCUT2D eigenvalue weighted by Crippen LogP contribution is -2.25. The second-order valence-electron chi connectivity index (χ2n) is 6.57. The molecular weight excluding hydrogens is 352 g/mol. The minimum Gasteiger partial charge on any atom is -0.347 e. The molecule has 0 saturated heterocycles. The minimum absolute atomic E-state index is 0.177. The van der Waals surface area contributed by atoms with Crippen LogP contribution in [0.25, 0.3) is 22.4 Å². The Morgan fingerprint density at radius 1 is 1.00 bits per heavy atom. The van der Waals surface area contributed by atoms with Crippen LogP contribution in [-0.4, -0.2) is 30.5 Å². The van der Waals surface area contributed by atoms with Crippen molar-refractivity contribution < 1.29 is 4.79 Å². The molecule has 0 spiro atoms. The fraction of sp³-hybridized carbons (Fsp3) is 0.143. The highest BCUT2D eigenvalue weighted by molar-refractivity contribution is 5.93. The lowest BCUT2D eigenvalue weighted by Gasteiger charge is -2.06. The Kier molecular flexibility index (Phi) is 4.72. The van der Waals surface area contributed by atoms with Gasteiger partial charge in [-0.15, -0.1) is 0 Å². The quantitative estimate of drug-likeness (QED) is 0.584. The molecule has 0 aliphatic heterocycles. The minimum atomic E-state index is -0.177. The molecule has 0 saturated carbocycles. The Morgan fingerprint density at radius 3 is 2.57 bits per heavy atom. The van der Waals surface area contributed by atoms with E-state index in [9.17, 15) is 4.79 Å². The first kappa shape index (κ1) is 17.7. The summed E-state index contributed by atoms with van der Waals surface area (Å²) in [6, 6.07) is 13.6. The lowest BCUT2D eigenvalue weighted by atomic mass is 10.1. The molecule has 7 heteroatoms. The standard InChI is InChI=1S/C21H20N6O/c1-26-14-18(13-24-26)17-8-15(10-22-12-17)11-23-21(28)20-9-19(25-27(20)2)16-6-4-3-5-7-16/h3-10,12-14H,11H2,1-2H3,(H,23,28). The summed E-state index contributed by atoms with van der Waals surface area (Å²) in [5, 5.41) is 11.6. The number of hydrogen-bond donors (Lipinski definition) is 1. The number of amides is 1. The topological polar surface area (TPSA) is 77.6 Å². The van der Waals surface area contributed by atoms with Gasteiger partial charge in [0, 0.05) is 55.9 Å². The number of nitrogens with one attached hydrogen (secondary N) is 1. The van der Waals surface area contributed by atoms with Crippen molar-refractivity contribution >= 4 is 5.91 Å². The van der Waals surface area contributed by atoms with Crippen molar-refractivity contribution in [2.24, 2.45) is 14.1 Å². The highest BCUT2D eigenvalue weighted by atomic mass is 16.2. The molecule has 0 aliphatic carbocycles. The molecule has 3 aromatic heterocycles. The number of aromatic nitrogens is 5. The van der Waals surface area contributed by atoms with Crippen molar-refractivity contribution in [1.82, 2.24) is 29.9 Å². The van der Waals surface area contributed by atoms with E-state index in [1.807, 2.05) is 49.6 Å². The van der Waals surface area contributed by atoms with E-state index in [-0.39, 0.29) is 5.91 Å². The van der Waals surface area contributed by atoms with Gasteiger partial charge in [0.25, 0.3) is 5.91 Å². The molecular formula is C21H20N6O. The fourth-order valence-electron chi connectivity index (χ4n) is 3.02. The molecule has 0 bridgehead atoms. The molecule has 0 fully saturated rings. The number of pyridine rings is 1. The second-order valence-corrected chi connectivity index (χ2v) is 6.57. The molecule has 4 rings (SSSR count). The zero-order valence-corrected chi connectivity index (χ0v) is 15.7. The maximum Gasteiger partial charge on any atom is 0.269 e. The van der Waals surface area contributed by atoms with Crippen LogP contribution < -0.4 is 5.32 Å². The van der Waals surface area contributed by atoms with E-state index in [2.05, 4.69) is 20.5 Å². The van der Waals surface area contributed by atoms with Gasteiger partial charge in [-0.3, -0.25) is 19.1 Å². The van der Waals surface area contributed by atoms with Crippen molar-refractivity contribution in [2.45, 2.75) is 6.54 Å². The number of carbonyl (C=O) groups is 1. The average Bonchev–Trinajstić information content (AvgIpc) is 3.33. The van der Waals surface area contributed by atoms with Crippen LogP contribution in [0.15, 0.2) is 67.3 Å². The first-order valence-corrected chi connectivity index (χ1v) is 8.91. The number of aryl methyl sites for hydroxylation is 2. The summed E-state index contributed by atoms with van der Waals surface area (Å²) in [5.41, 5.74) is 5.13. The number of benzene rings is 1. The summed E-state index contributed by atoms with van der Waals surface area (Å²) >= 11 is 0. The van der Waals surface area contributed by atoms with Crippen LogP contribution in [0.5, 0.6) is 0 Å². The highest BCUT2D eigenvalue weighted by Gasteiger charge is 2.14. The zero-order chi connectivity index (χ0) is 19.5. The Bertz CT molecular complexity index is 1110. The van der Waals surface area contributed by atoms with Crippen LogP contribution >= 0.6 is 0 Å². The van der Waals surface area contributed by atoms with E-state index in [1.165, 1.54) is 0 Å². The van der Waals surface area contributed by atoms with Crippen molar-refractivity contribution in [3.63, 3.8) is 0 Å². The van der Waals surface area contributed by atoms with Gasteiger partial charge in [-0.25, -0.2) is 0 Å². The van der Waals surface area contributed by atoms with Gasteiger partial charge in [0.05, 0.1) is 11.9 Å². The van der Waals surface area contributed by atoms with Gasteiger partial charge < -0.3 is 5.32 Å². The summed E-state index contributed by atoms with van der Waals surface area (Å²) < 4.78 is 3.35. The third-order valence-corrected chi connectivity index (χ3v) is 4.47. The van der Waals surface area contributed by atoms with Gasteiger partial charge in [-0.05, 0) is 17.7 Å². The van der Waals surface area contributed by atoms with Crippen molar-refractivity contribution in [1.29, 1.82) is 0 Å². The molecule has 1 N–H and O–H groups in total. The molecule has 4 aromatic rings. The van der Waals surface area contributed by atoms with Crippen molar-refractivity contribution in [2.75, 3.05) is 0 Å². The van der Waals surface area contributed by atoms with E-state index in [0.717, 1.165) is 27.9 Å². The number of rotatable bonds is 5. The maximum atomic E-state index is 12.6. The second kappa shape index (κ2) is 7.48. The maximum absolute atomic E-state index is 12.6. The van der Waals surface area contributed by atoms with Gasteiger partial charge in [-0.2, -0.15) is 10.2 Å². The smallest absolute Gasteiger partial charge is 0.269 e. The first-order valence-electron chi connectivity index (χ1n) is 8.91. The van der Waals surface area contributed by atoms with E-state index in [1.54, 1.807) is 41.1 Å². The van der Waals surface area contributed by atoms with Gasteiger partial charge in [0.15, 0.2) is 0 Å². The monoisotopic (exact) mass is 372 g/mol. The van der Waals surface area contributed by atoms with Crippen LogP contribution in [0.3, 0.4) is 0 Å². The summed E-state index contributed by atoms with van der Waals surface area (Å²) in [7, 11) is 3.64. The lowest BCUT2D eigenvalue weighted by molar-refractivity contribution is 0.0941. The molecule has 0 radical (unpaired) electrons. The van der Waals surface area contributed by atoms with Crippen LogP contribution in [0.1, 0.15) is 16.1 Å². The largest absolute Gasteiger partial charge is 0.347 e. The van der Waals surface area contributed by atoms with Crippen molar-refractivity contribution in [3.05, 3.63) is 78.5 Å². The van der Waals surface area contributed by atoms with E-state index >= 15 is 0 Å². The molecule has 3 heterocycles. The molecule has 0 aliphatic rings. The Morgan fingerprint density at radius 2 is 1.82 bits per heavy atom. The molecule has 28 heavy (non-hydrogen) atoms. The van der Waals surface area contributed by atoms with E-state index in [0.29, 0.717) is 12.2 Å². The Labute approximate surface area is 162 Å². The normalized spacial score (nSPS) is 10.8. The molecule has 0 unspecified atom stereocenters. The van der Waals surface area contributed by atoms with Gasteiger partial charge in [0.1, 0.15) is 5.69 Å². The summed E-state index contributed by atoms with van der Waals surface area (Å²) in [6.45, 7) is 0.381. The number of hydrogen-bond acceptors (Lipinski definition) is 4. The third-order valence-electron chi connectivity index (χ3n) is 4.47. The highest BCUT2D eigenvalue weighted by Crippen LogP contribution is 2.19. The third kappa shape index (κ3) is 3.68. The summed E-state index contributed by atoms with van der Waals surface area (Å²) in [6.07, 6.45) is 7.26. The molecule has 7 nitrogen and oxygen atoms in total. The zero-order valence-electron chi connectivity index (χ0n) is 15.7.